The van der Waals surface area contributed by atoms with Gasteiger partial charge in [-0.25, -0.2) is 0 Å². The number of aryl methyl sites for hydroxylation is 1. The van der Waals surface area contributed by atoms with Crippen molar-refractivity contribution in [2.45, 2.75) is 20.0 Å². The molecule has 8 heteroatoms. The van der Waals surface area contributed by atoms with E-state index in [2.05, 4.69) is 33.5 Å². The molecular formula is C23H30N4O4. The van der Waals surface area contributed by atoms with Crippen LogP contribution in [0.5, 0.6) is 11.5 Å². The van der Waals surface area contributed by atoms with Gasteiger partial charge in [-0.1, -0.05) is 24.3 Å². The van der Waals surface area contributed by atoms with Gasteiger partial charge in [0.2, 0.25) is 5.95 Å². The third kappa shape index (κ3) is 5.15. The van der Waals surface area contributed by atoms with Crippen LogP contribution >= 0.6 is 0 Å². The maximum Gasteiger partial charge on any atom is 0.282 e. The molecule has 0 fully saturated rings. The fourth-order valence-corrected chi connectivity index (χ4v) is 3.62. The second kappa shape index (κ2) is 10.3. The first-order valence-corrected chi connectivity index (χ1v) is 10.1. The van der Waals surface area contributed by atoms with E-state index >= 15 is 0 Å². The van der Waals surface area contributed by atoms with Crippen LogP contribution in [0.1, 0.15) is 16.7 Å². The predicted octanol–water partition coefficient (Wildman–Crippen LogP) is 2.62. The van der Waals surface area contributed by atoms with Crippen LogP contribution in [0.2, 0.25) is 0 Å². The lowest BCUT2D eigenvalue weighted by molar-refractivity contribution is 0.199. The zero-order valence-corrected chi connectivity index (χ0v) is 18.7. The third-order valence-electron chi connectivity index (χ3n) is 5.16. The summed E-state index contributed by atoms with van der Waals surface area (Å²) in [6.45, 7) is 4.69. The Labute approximate surface area is 182 Å². The first-order chi connectivity index (χ1) is 15.0. The first kappa shape index (κ1) is 22.6. The van der Waals surface area contributed by atoms with Crippen molar-refractivity contribution < 1.29 is 14.2 Å². The van der Waals surface area contributed by atoms with E-state index in [0.717, 1.165) is 18.7 Å². The van der Waals surface area contributed by atoms with Crippen molar-refractivity contribution in [2.24, 2.45) is 0 Å². The minimum absolute atomic E-state index is 0.301. The molecule has 3 rings (SSSR count). The molecule has 2 aromatic carbocycles. The molecule has 0 radical (unpaired) electrons. The molecule has 0 saturated carbocycles. The standard InChI is InChI=1S/C23H30N4O4/c1-15-20-18(12-19(30-4)21(15)31-5)25-23(26-22(20)28)27(2)14-17-8-6-7-16(11-17)13-24-9-10-29-3/h6-8,11-12,24H,9-10,13-14H2,1-5H3,(H,25,26,28). The topological polar surface area (TPSA) is 88.7 Å². The summed E-state index contributed by atoms with van der Waals surface area (Å²) in [4.78, 5) is 22.3. The van der Waals surface area contributed by atoms with E-state index < -0.39 is 0 Å². The molecule has 0 aliphatic carbocycles. The molecule has 0 amide bonds. The smallest absolute Gasteiger partial charge is 0.282 e. The maximum atomic E-state index is 12.8. The van der Waals surface area contributed by atoms with Crippen molar-refractivity contribution in [1.29, 1.82) is 0 Å². The van der Waals surface area contributed by atoms with Crippen LogP contribution in [0.25, 0.3) is 10.9 Å². The fourth-order valence-electron chi connectivity index (χ4n) is 3.62. The van der Waals surface area contributed by atoms with Crippen LogP contribution in [0, 0.1) is 6.92 Å². The Bertz CT molecular complexity index is 1100. The van der Waals surface area contributed by atoms with Crippen LogP contribution < -0.4 is 25.2 Å². The largest absolute Gasteiger partial charge is 0.493 e. The monoisotopic (exact) mass is 426 g/mol. The van der Waals surface area contributed by atoms with Crippen LogP contribution in [0.4, 0.5) is 5.95 Å². The molecule has 3 aromatic rings. The molecule has 0 unspecified atom stereocenters. The minimum Gasteiger partial charge on any atom is -0.493 e. The minimum atomic E-state index is -0.301. The number of methoxy groups -OCH3 is 3. The highest BCUT2D eigenvalue weighted by Gasteiger charge is 2.17. The number of ether oxygens (including phenoxy) is 3. The lowest BCUT2D eigenvalue weighted by Gasteiger charge is -2.19. The highest BCUT2D eigenvalue weighted by atomic mass is 16.5. The summed E-state index contributed by atoms with van der Waals surface area (Å²) in [5, 5.41) is 3.85. The third-order valence-corrected chi connectivity index (χ3v) is 5.16. The normalized spacial score (nSPS) is 11.0. The van der Waals surface area contributed by atoms with Crippen molar-refractivity contribution in [2.75, 3.05) is 46.4 Å². The molecular weight excluding hydrogens is 396 g/mol. The summed E-state index contributed by atoms with van der Waals surface area (Å²) in [5.41, 5.74) is 3.38. The predicted molar refractivity (Wildman–Crippen MR) is 122 cm³/mol. The van der Waals surface area contributed by atoms with E-state index in [1.54, 1.807) is 27.4 Å². The highest BCUT2D eigenvalue weighted by molar-refractivity contribution is 5.86. The van der Waals surface area contributed by atoms with Crippen molar-refractivity contribution >= 4 is 16.9 Å². The maximum absolute atomic E-state index is 12.8. The number of fused-ring (bicyclic) bond motifs is 1. The molecule has 0 bridgehead atoms. The number of hydrogen-bond acceptors (Lipinski definition) is 7. The molecule has 0 spiro atoms. The Morgan fingerprint density at radius 3 is 2.61 bits per heavy atom. The van der Waals surface area contributed by atoms with Gasteiger partial charge in [0.1, 0.15) is 0 Å². The molecule has 0 atom stereocenters. The van der Waals surface area contributed by atoms with E-state index in [1.165, 1.54) is 5.56 Å². The quantitative estimate of drug-likeness (QED) is 0.482. The summed E-state index contributed by atoms with van der Waals surface area (Å²) in [6, 6.07) is 10.1. The number of hydrogen-bond donors (Lipinski definition) is 2. The van der Waals surface area contributed by atoms with E-state index in [4.69, 9.17) is 14.2 Å². The van der Waals surface area contributed by atoms with Gasteiger partial charge >= 0.3 is 0 Å². The molecule has 1 heterocycles. The number of aromatic amines is 1. The molecule has 8 nitrogen and oxygen atoms in total. The molecule has 1 aromatic heterocycles. The van der Waals surface area contributed by atoms with Gasteiger partial charge in [0.25, 0.3) is 5.56 Å². The SMILES string of the molecule is COCCNCc1cccc(CN(C)c2nc(=O)c3c(C)c(OC)c(OC)cc3[nH]2)c1. The number of benzene rings is 2. The Hall–Kier alpha value is -3.10. The summed E-state index contributed by atoms with van der Waals surface area (Å²) < 4.78 is 15.9. The van der Waals surface area contributed by atoms with E-state index in [-0.39, 0.29) is 5.56 Å². The van der Waals surface area contributed by atoms with E-state index in [0.29, 0.717) is 47.1 Å². The summed E-state index contributed by atoms with van der Waals surface area (Å²) in [6.07, 6.45) is 0. The Morgan fingerprint density at radius 1 is 1.13 bits per heavy atom. The second-order valence-corrected chi connectivity index (χ2v) is 7.37. The fraction of sp³-hybridized carbons (Fsp3) is 0.391. The number of H-pyrrole nitrogens is 1. The first-order valence-electron chi connectivity index (χ1n) is 10.1. The van der Waals surface area contributed by atoms with Crippen molar-refractivity contribution in [3.8, 4) is 11.5 Å². The zero-order chi connectivity index (χ0) is 22.4. The van der Waals surface area contributed by atoms with Crippen molar-refractivity contribution in [3.63, 3.8) is 0 Å². The molecule has 0 saturated heterocycles. The number of nitrogens with one attached hydrogen (secondary N) is 2. The molecule has 0 aliphatic rings. The number of aromatic nitrogens is 2. The number of nitrogens with zero attached hydrogens (tertiary/aromatic N) is 2. The van der Waals surface area contributed by atoms with Crippen molar-refractivity contribution in [1.82, 2.24) is 15.3 Å². The number of anilines is 1. The molecule has 2 N–H and O–H groups in total. The van der Waals surface area contributed by atoms with Gasteiger partial charge in [-0.2, -0.15) is 4.98 Å². The Kier molecular flexibility index (Phi) is 7.49. The average Bonchev–Trinajstić information content (AvgIpc) is 2.76. The second-order valence-electron chi connectivity index (χ2n) is 7.37. The van der Waals surface area contributed by atoms with Gasteiger partial charge in [0.15, 0.2) is 11.5 Å². The van der Waals surface area contributed by atoms with Gasteiger partial charge in [-0.15, -0.1) is 0 Å². The lowest BCUT2D eigenvalue weighted by Crippen LogP contribution is -2.23. The van der Waals surface area contributed by atoms with E-state index in [9.17, 15) is 4.79 Å². The average molecular weight is 427 g/mol. The summed E-state index contributed by atoms with van der Waals surface area (Å²) in [5.74, 6) is 1.60. The highest BCUT2D eigenvalue weighted by Crippen LogP contribution is 2.35. The lowest BCUT2D eigenvalue weighted by atomic mass is 10.1. The van der Waals surface area contributed by atoms with E-state index in [1.807, 2.05) is 24.9 Å². The van der Waals surface area contributed by atoms with Gasteiger partial charge in [0.05, 0.1) is 31.7 Å². The van der Waals surface area contributed by atoms with Gasteiger partial charge in [-0.3, -0.25) is 4.79 Å². The van der Waals surface area contributed by atoms with Gasteiger partial charge < -0.3 is 29.4 Å². The van der Waals surface area contributed by atoms with Gasteiger partial charge in [0, 0.05) is 45.4 Å². The van der Waals surface area contributed by atoms with Crippen LogP contribution in [-0.4, -0.2) is 51.5 Å². The van der Waals surface area contributed by atoms with Gasteiger partial charge in [-0.05, 0) is 18.1 Å². The molecule has 0 aliphatic heterocycles. The van der Waals surface area contributed by atoms with Crippen LogP contribution in [-0.2, 0) is 17.8 Å². The summed E-state index contributed by atoms with van der Waals surface area (Å²) >= 11 is 0. The van der Waals surface area contributed by atoms with Crippen LogP contribution in [0.3, 0.4) is 0 Å². The van der Waals surface area contributed by atoms with Crippen LogP contribution in [0.15, 0.2) is 35.1 Å². The van der Waals surface area contributed by atoms with Crippen molar-refractivity contribution in [3.05, 3.63) is 57.4 Å². The molecule has 166 valence electrons. The zero-order valence-electron chi connectivity index (χ0n) is 18.7. The Morgan fingerprint density at radius 2 is 1.90 bits per heavy atom. The Balaban J connectivity index is 1.84. The summed E-state index contributed by atoms with van der Waals surface area (Å²) in [7, 11) is 6.73. The number of rotatable bonds is 10. The molecule has 31 heavy (non-hydrogen) atoms.